The molecule has 0 N–H and O–H groups in total. The van der Waals surface area contributed by atoms with E-state index in [-0.39, 0.29) is 12.6 Å². The first-order valence-electron chi connectivity index (χ1n) is 7.90. The number of nitrogens with zero attached hydrogens (tertiary/aromatic N) is 3. The normalized spacial score (nSPS) is 10.6. The van der Waals surface area contributed by atoms with E-state index in [0.29, 0.717) is 29.3 Å². The zero-order valence-corrected chi connectivity index (χ0v) is 14.2. The summed E-state index contributed by atoms with van der Waals surface area (Å²) >= 11 is 0. The van der Waals surface area contributed by atoms with Gasteiger partial charge in [0.25, 0.3) is 0 Å². The number of rotatable bonds is 6. The molecule has 128 valence electrons. The number of likely N-dealkylation sites (N-methyl/N-ethyl adjacent to an activating group) is 1. The number of ether oxygens (including phenoxy) is 1. The van der Waals surface area contributed by atoms with E-state index in [1.807, 2.05) is 48.3 Å². The quantitative estimate of drug-likeness (QED) is 0.507. The van der Waals surface area contributed by atoms with Crippen molar-refractivity contribution < 1.29 is 13.9 Å². The van der Waals surface area contributed by atoms with E-state index in [4.69, 9.17) is 9.15 Å². The Morgan fingerprint density at radius 2 is 2.16 bits per heavy atom. The van der Waals surface area contributed by atoms with Gasteiger partial charge in [-0.3, -0.25) is 4.98 Å². The standard InChI is InChI=1S/C19H19N3O3/c1-13(2)19(23)24-11-10-22(3)14-7-8-15-17(12-14)25-18(21-15)16-6-4-5-9-20-16/h4-9,12H,1,10-11H2,2-3H3. The van der Waals surface area contributed by atoms with E-state index in [0.717, 1.165) is 11.2 Å². The first-order valence-corrected chi connectivity index (χ1v) is 7.90. The maximum atomic E-state index is 11.4. The number of aromatic nitrogens is 2. The first kappa shape index (κ1) is 16.7. The molecule has 0 saturated carbocycles. The van der Waals surface area contributed by atoms with Crippen LogP contribution >= 0.6 is 0 Å². The fourth-order valence-corrected chi connectivity index (χ4v) is 2.28. The van der Waals surface area contributed by atoms with Crippen LogP contribution < -0.4 is 4.90 Å². The molecular weight excluding hydrogens is 318 g/mol. The van der Waals surface area contributed by atoms with Gasteiger partial charge in [0.2, 0.25) is 5.89 Å². The number of carbonyl (C=O) groups excluding carboxylic acids is 1. The maximum absolute atomic E-state index is 11.4. The van der Waals surface area contributed by atoms with Gasteiger partial charge in [-0.1, -0.05) is 12.6 Å². The molecule has 0 unspecified atom stereocenters. The van der Waals surface area contributed by atoms with E-state index < -0.39 is 0 Å². The molecule has 0 spiro atoms. The van der Waals surface area contributed by atoms with Crippen LogP contribution in [0.3, 0.4) is 0 Å². The van der Waals surface area contributed by atoms with Crippen LogP contribution in [-0.2, 0) is 9.53 Å². The Labute approximate surface area is 145 Å². The molecule has 0 atom stereocenters. The first-order chi connectivity index (χ1) is 12.0. The minimum Gasteiger partial charge on any atom is -0.460 e. The fraction of sp³-hybridized carbons (Fsp3) is 0.211. The molecule has 0 bridgehead atoms. The van der Waals surface area contributed by atoms with E-state index in [1.54, 1.807) is 13.1 Å². The third-order valence-electron chi connectivity index (χ3n) is 3.71. The minimum atomic E-state index is -0.376. The largest absolute Gasteiger partial charge is 0.460 e. The Morgan fingerprint density at radius 1 is 1.32 bits per heavy atom. The van der Waals surface area contributed by atoms with Gasteiger partial charge in [-0.05, 0) is 31.2 Å². The number of pyridine rings is 1. The second-order valence-corrected chi connectivity index (χ2v) is 5.72. The summed E-state index contributed by atoms with van der Waals surface area (Å²) in [5.74, 6) is 0.116. The average molecular weight is 337 g/mol. The number of fused-ring (bicyclic) bond motifs is 1. The zero-order valence-electron chi connectivity index (χ0n) is 14.2. The van der Waals surface area contributed by atoms with E-state index >= 15 is 0 Å². The highest BCUT2D eigenvalue weighted by Crippen LogP contribution is 2.26. The topological polar surface area (TPSA) is 68.5 Å². The highest BCUT2D eigenvalue weighted by molar-refractivity contribution is 5.87. The lowest BCUT2D eigenvalue weighted by atomic mass is 10.2. The summed E-state index contributed by atoms with van der Waals surface area (Å²) in [5.41, 5.74) is 3.49. The molecule has 0 aliphatic heterocycles. The van der Waals surface area contributed by atoms with Crippen molar-refractivity contribution in [2.75, 3.05) is 25.1 Å². The molecule has 6 nitrogen and oxygen atoms in total. The smallest absolute Gasteiger partial charge is 0.333 e. The van der Waals surface area contributed by atoms with Crippen molar-refractivity contribution >= 4 is 22.8 Å². The third kappa shape index (κ3) is 3.85. The Hall–Kier alpha value is -3.15. The Balaban J connectivity index is 1.72. The van der Waals surface area contributed by atoms with Crippen LogP contribution in [0.5, 0.6) is 0 Å². The molecule has 3 rings (SSSR count). The Kier molecular flexibility index (Phi) is 4.79. The lowest BCUT2D eigenvalue weighted by Gasteiger charge is -2.18. The van der Waals surface area contributed by atoms with E-state index in [9.17, 15) is 4.79 Å². The second kappa shape index (κ2) is 7.17. The predicted molar refractivity (Wildman–Crippen MR) is 96.3 cm³/mol. The van der Waals surface area contributed by atoms with Crippen LogP contribution in [0.2, 0.25) is 0 Å². The molecule has 2 aromatic heterocycles. The highest BCUT2D eigenvalue weighted by atomic mass is 16.5. The molecule has 0 aliphatic rings. The number of oxazole rings is 1. The van der Waals surface area contributed by atoms with Crippen molar-refractivity contribution in [3.05, 3.63) is 54.7 Å². The van der Waals surface area contributed by atoms with Gasteiger partial charge in [-0.15, -0.1) is 0 Å². The zero-order chi connectivity index (χ0) is 17.8. The van der Waals surface area contributed by atoms with Gasteiger partial charge in [0.15, 0.2) is 5.58 Å². The number of hydrogen-bond acceptors (Lipinski definition) is 6. The van der Waals surface area contributed by atoms with Crippen LogP contribution in [0.1, 0.15) is 6.92 Å². The SMILES string of the molecule is C=C(C)C(=O)OCCN(C)c1ccc2nc(-c3ccccn3)oc2c1. The molecule has 2 heterocycles. The summed E-state index contributed by atoms with van der Waals surface area (Å²) in [4.78, 5) is 22.1. The number of carbonyl (C=O) groups is 1. The summed E-state index contributed by atoms with van der Waals surface area (Å²) in [5, 5.41) is 0. The number of benzene rings is 1. The van der Waals surface area contributed by atoms with Crippen LogP contribution in [0.25, 0.3) is 22.7 Å². The van der Waals surface area contributed by atoms with Gasteiger partial charge in [-0.2, -0.15) is 0 Å². The van der Waals surface area contributed by atoms with Crippen molar-refractivity contribution in [2.45, 2.75) is 6.92 Å². The molecule has 1 aromatic carbocycles. The molecule has 0 aliphatic carbocycles. The molecule has 0 fully saturated rings. The van der Waals surface area contributed by atoms with Crippen molar-refractivity contribution in [1.29, 1.82) is 0 Å². The van der Waals surface area contributed by atoms with Gasteiger partial charge in [0.1, 0.15) is 17.8 Å². The lowest BCUT2D eigenvalue weighted by Crippen LogP contribution is -2.23. The van der Waals surface area contributed by atoms with Crippen LogP contribution in [0.15, 0.2) is 59.2 Å². The second-order valence-electron chi connectivity index (χ2n) is 5.72. The molecule has 3 aromatic rings. The minimum absolute atomic E-state index is 0.288. The lowest BCUT2D eigenvalue weighted by molar-refractivity contribution is -0.138. The number of hydrogen-bond donors (Lipinski definition) is 0. The Morgan fingerprint density at radius 3 is 2.88 bits per heavy atom. The van der Waals surface area contributed by atoms with Crippen molar-refractivity contribution in [1.82, 2.24) is 9.97 Å². The average Bonchev–Trinajstić information content (AvgIpc) is 3.05. The highest BCUT2D eigenvalue weighted by Gasteiger charge is 2.11. The van der Waals surface area contributed by atoms with Gasteiger partial charge < -0.3 is 14.1 Å². The monoisotopic (exact) mass is 337 g/mol. The predicted octanol–water partition coefficient (Wildman–Crippen LogP) is 3.45. The molecule has 0 radical (unpaired) electrons. The van der Waals surface area contributed by atoms with E-state index in [1.165, 1.54) is 0 Å². The van der Waals surface area contributed by atoms with Crippen LogP contribution in [0.4, 0.5) is 5.69 Å². The fourth-order valence-electron chi connectivity index (χ4n) is 2.28. The number of anilines is 1. The summed E-state index contributed by atoms with van der Waals surface area (Å²) in [6.45, 7) is 6.04. The summed E-state index contributed by atoms with van der Waals surface area (Å²) in [7, 11) is 1.92. The molecule has 0 amide bonds. The third-order valence-corrected chi connectivity index (χ3v) is 3.71. The summed E-state index contributed by atoms with van der Waals surface area (Å²) < 4.78 is 10.9. The van der Waals surface area contributed by atoms with Gasteiger partial charge in [0, 0.05) is 30.6 Å². The molecule has 0 saturated heterocycles. The van der Waals surface area contributed by atoms with Gasteiger partial charge in [0.05, 0.1) is 6.54 Å². The van der Waals surface area contributed by atoms with E-state index in [2.05, 4.69) is 16.5 Å². The molecule has 25 heavy (non-hydrogen) atoms. The van der Waals surface area contributed by atoms with Crippen molar-refractivity contribution in [3.8, 4) is 11.6 Å². The van der Waals surface area contributed by atoms with Crippen molar-refractivity contribution in [2.24, 2.45) is 0 Å². The van der Waals surface area contributed by atoms with Gasteiger partial charge >= 0.3 is 5.97 Å². The van der Waals surface area contributed by atoms with Crippen LogP contribution in [0, 0.1) is 0 Å². The molecular formula is C19H19N3O3. The summed E-state index contributed by atoms with van der Waals surface area (Å²) in [6.07, 6.45) is 1.70. The molecule has 6 heteroatoms. The maximum Gasteiger partial charge on any atom is 0.333 e. The van der Waals surface area contributed by atoms with Gasteiger partial charge in [-0.25, -0.2) is 9.78 Å². The van der Waals surface area contributed by atoms with Crippen molar-refractivity contribution in [3.63, 3.8) is 0 Å². The Bertz CT molecular complexity index is 903. The summed E-state index contributed by atoms with van der Waals surface area (Å²) in [6, 6.07) is 11.4. The number of esters is 1. The van der Waals surface area contributed by atoms with Crippen LogP contribution in [-0.4, -0.2) is 36.1 Å².